The molecule has 1 heterocycles. The molecule has 80 valence electrons. The third-order valence-electron chi connectivity index (χ3n) is 2.39. The highest BCUT2D eigenvalue weighted by Crippen LogP contribution is 2.08. The van der Waals surface area contributed by atoms with Crippen LogP contribution >= 0.6 is 0 Å². The average Bonchev–Trinajstić information content (AvgIpc) is 2.69. The van der Waals surface area contributed by atoms with Crippen molar-refractivity contribution in [2.75, 3.05) is 20.1 Å². The molecule has 3 N–H and O–H groups in total. The molecule has 0 radical (unpaired) electrons. The van der Waals surface area contributed by atoms with Gasteiger partial charge in [-0.25, -0.2) is 0 Å². The van der Waals surface area contributed by atoms with Crippen molar-refractivity contribution in [3.8, 4) is 0 Å². The van der Waals surface area contributed by atoms with Gasteiger partial charge in [-0.05, 0) is 19.8 Å². The summed E-state index contributed by atoms with van der Waals surface area (Å²) in [5.41, 5.74) is 5.48. The molecule has 5 nitrogen and oxygen atoms in total. The van der Waals surface area contributed by atoms with Crippen LogP contribution < -0.4 is 11.1 Å². The predicted octanol–water partition coefficient (Wildman–Crippen LogP) is -0.469. The van der Waals surface area contributed by atoms with Gasteiger partial charge in [-0.3, -0.25) is 9.79 Å². The van der Waals surface area contributed by atoms with Crippen LogP contribution in [0.3, 0.4) is 0 Å². The number of hydrogen-bond donors (Lipinski definition) is 2. The summed E-state index contributed by atoms with van der Waals surface area (Å²) in [7, 11) is 1.59. The molecule has 1 fully saturated rings. The van der Waals surface area contributed by atoms with Crippen molar-refractivity contribution in [3.63, 3.8) is 0 Å². The van der Waals surface area contributed by atoms with Gasteiger partial charge in [0, 0.05) is 20.1 Å². The summed E-state index contributed by atoms with van der Waals surface area (Å²) < 4.78 is 0. The van der Waals surface area contributed by atoms with Crippen LogP contribution in [0.2, 0.25) is 0 Å². The molecule has 0 saturated carbocycles. The second kappa shape index (κ2) is 4.83. The Kier molecular flexibility index (Phi) is 3.73. The maximum absolute atomic E-state index is 11.7. The van der Waals surface area contributed by atoms with Crippen molar-refractivity contribution < 1.29 is 4.79 Å². The molecule has 0 aromatic carbocycles. The zero-order chi connectivity index (χ0) is 10.6. The number of carbonyl (C=O) groups excluding carboxylic acids is 1. The Hall–Kier alpha value is -1.26. The van der Waals surface area contributed by atoms with E-state index in [1.54, 1.807) is 14.0 Å². The summed E-state index contributed by atoms with van der Waals surface area (Å²) in [4.78, 5) is 17.4. The molecule has 1 rings (SSSR count). The molecule has 1 atom stereocenters. The Balaban J connectivity index is 2.43. The Morgan fingerprint density at radius 1 is 1.50 bits per heavy atom. The first-order valence-electron chi connectivity index (χ1n) is 4.92. The highest BCUT2D eigenvalue weighted by Gasteiger charge is 2.23. The third kappa shape index (κ3) is 2.61. The van der Waals surface area contributed by atoms with Crippen molar-refractivity contribution in [2.24, 2.45) is 10.7 Å². The van der Waals surface area contributed by atoms with Crippen LogP contribution in [0.4, 0.5) is 0 Å². The minimum atomic E-state index is -0.281. The monoisotopic (exact) mass is 198 g/mol. The largest absolute Gasteiger partial charge is 0.370 e. The van der Waals surface area contributed by atoms with E-state index in [0.717, 1.165) is 25.9 Å². The molecule has 14 heavy (non-hydrogen) atoms. The van der Waals surface area contributed by atoms with Gasteiger partial charge in [0.1, 0.15) is 6.04 Å². The zero-order valence-corrected chi connectivity index (χ0v) is 8.79. The van der Waals surface area contributed by atoms with Crippen molar-refractivity contribution >= 4 is 11.9 Å². The molecule has 5 heteroatoms. The number of carbonyl (C=O) groups is 1. The van der Waals surface area contributed by atoms with E-state index in [1.165, 1.54) is 0 Å². The highest BCUT2D eigenvalue weighted by molar-refractivity contribution is 5.88. The number of amides is 1. The van der Waals surface area contributed by atoms with Crippen LogP contribution in [0.5, 0.6) is 0 Å². The van der Waals surface area contributed by atoms with Crippen LogP contribution in [0, 0.1) is 0 Å². The lowest BCUT2D eigenvalue weighted by atomic mass is 10.3. The van der Waals surface area contributed by atoms with Gasteiger partial charge in [0.25, 0.3) is 0 Å². The molecule has 0 aromatic rings. The molecule has 1 amide bonds. The van der Waals surface area contributed by atoms with E-state index in [9.17, 15) is 4.79 Å². The quantitative estimate of drug-likeness (QED) is 0.465. The summed E-state index contributed by atoms with van der Waals surface area (Å²) in [6.45, 7) is 3.54. The summed E-state index contributed by atoms with van der Waals surface area (Å²) in [5, 5.41) is 2.84. The van der Waals surface area contributed by atoms with Gasteiger partial charge in [0.15, 0.2) is 5.96 Å². The minimum absolute atomic E-state index is 0.106. The highest BCUT2D eigenvalue weighted by atomic mass is 16.2. The van der Waals surface area contributed by atoms with Crippen LogP contribution in [0.25, 0.3) is 0 Å². The molecule has 1 aliphatic heterocycles. The first-order valence-corrected chi connectivity index (χ1v) is 4.92. The second-order valence-electron chi connectivity index (χ2n) is 3.51. The van der Waals surface area contributed by atoms with Gasteiger partial charge < -0.3 is 16.0 Å². The van der Waals surface area contributed by atoms with Crippen molar-refractivity contribution in [2.45, 2.75) is 25.8 Å². The maximum Gasteiger partial charge on any atom is 0.244 e. The van der Waals surface area contributed by atoms with Crippen molar-refractivity contribution in [1.82, 2.24) is 10.2 Å². The molecular formula is C9H18N4O. The zero-order valence-electron chi connectivity index (χ0n) is 8.79. The number of guanidine groups is 1. The fourth-order valence-corrected chi connectivity index (χ4v) is 1.56. The lowest BCUT2D eigenvalue weighted by molar-refractivity contribution is -0.131. The van der Waals surface area contributed by atoms with Crippen LogP contribution in [-0.4, -0.2) is 42.9 Å². The maximum atomic E-state index is 11.7. The number of aliphatic imine (C=N–C) groups is 1. The lowest BCUT2D eigenvalue weighted by Gasteiger charge is -2.21. The summed E-state index contributed by atoms with van der Waals surface area (Å²) >= 11 is 0. The number of hydrogen-bond acceptors (Lipinski definition) is 2. The molecule has 0 bridgehead atoms. The SMILES string of the molecule is CN=C(N)NC(C)C(=O)N1CCCC1. The van der Waals surface area contributed by atoms with Gasteiger partial charge in [-0.2, -0.15) is 0 Å². The predicted molar refractivity (Wildman–Crippen MR) is 56.0 cm³/mol. The lowest BCUT2D eigenvalue weighted by Crippen LogP contribution is -2.48. The van der Waals surface area contributed by atoms with Gasteiger partial charge in [0.2, 0.25) is 5.91 Å². The van der Waals surface area contributed by atoms with Gasteiger partial charge in [-0.15, -0.1) is 0 Å². The van der Waals surface area contributed by atoms with Gasteiger partial charge in [0.05, 0.1) is 0 Å². The summed E-state index contributed by atoms with van der Waals surface area (Å²) in [6.07, 6.45) is 2.21. The number of nitrogens with zero attached hydrogens (tertiary/aromatic N) is 2. The van der Waals surface area contributed by atoms with Crippen molar-refractivity contribution in [3.05, 3.63) is 0 Å². The van der Waals surface area contributed by atoms with Crippen LogP contribution in [0.1, 0.15) is 19.8 Å². The van der Waals surface area contributed by atoms with Crippen LogP contribution in [0.15, 0.2) is 4.99 Å². The number of nitrogens with one attached hydrogen (secondary N) is 1. The molecule has 1 saturated heterocycles. The van der Waals surface area contributed by atoms with E-state index in [4.69, 9.17) is 5.73 Å². The molecular weight excluding hydrogens is 180 g/mol. The topological polar surface area (TPSA) is 70.7 Å². The van der Waals surface area contributed by atoms with Crippen molar-refractivity contribution in [1.29, 1.82) is 0 Å². The van der Waals surface area contributed by atoms with E-state index >= 15 is 0 Å². The first-order chi connectivity index (χ1) is 6.65. The molecule has 0 aromatic heterocycles. The van der Waals surface area contributed by atoms with E-state index < -0.39 is 0 Å². The fourth-order valence-electron chi connectivity index (χ4n) is 1.56. The number of likely N-dealkylation sites (tertiary alicyclic amines) is 1. The molecule has 0 aliphatic carbocycles. The van der Waals surface area contributed by atoms with E-state index in [-0.39, 0.29) is 11.9 Å². The minimum Gasteiger partial charge on any atom is -0.370 e. The first kappa shape index (κ1) is 10.8. The van der Waals surface area contributed by atoms with E-state index in [2.05, 4.69) is 10.3 Å². The number of nitrogens with two attached hydrogens (primary N) is 1. The molecule has 0 spiro atoms. The Bertz CT molecular complexity index is 233. The average molecular weight is 198 g/mol. The third-order valence-corrected chi connectivity index (χ3v) is 2.39. The Morgan fingerprint density at radius 2 is 2.07 bits per heavy atom. The Labute approximate surface area is 84.4 Å². The smallest absolute Gasteiger partial charge is 0.244 e. The number of rotatable bonds is 2. The summed E-state index contributed by atoms with van der Waals surface area (Å²) in [6, 6.07) is -0.281. The fraction of sp³-hybridized carbons (Fsp3) is 0.778. The normalized spacial score (nSPS) is 19.6. The van der Waals surface area contributed by atoms with E-state index in [1.807, 2.05) is 4.90 Å². The second-order valence-corrected chi connectivity index (χ2v) is 3.51. The molecule has 1 aliphatic rings. The molecule has 1 unspecified atom stereocenters. The Morgan fingerprint density at radius 3 is 2.57 bits per heavy atom. The standard InChI is InChI=1S/C9H18N4O/c1-7(12-9(10)11-2)8(14)13-5-3-4-6-13/h7H,3-6H2,1-2H3,(H3,10,11,12). The van der Waals surface area contributed by atoms with Gasteiger partial charge >= 0.3 is 0 Å². The van der Waals surface area contributed by atoms with Crippen LogP contribution in [-0.2, 0) is 4.79 Å². The van der Waals surface area contributed by atoms with E-state index in [0.29, 0.717) is 5.96 Å². The van der Waals surface area contributed by atoms with Gasteiger partial charge in [-0.1, -0.05) is 0 Å². The summed E-state index contributed by atoms with van der Waals surface area (Å²) in [5.74, 6) is 0.416.